The largest absolute Gasteiger partial charge is 0.472 e. The van der Waals surface area contributed by atoms with E-state index in [2.05, 4.69) is 123 Å². The lowest BCUT2D eigenvalue weighted by Gasteiger charge is -2.38. The molecular formula is C37H33NO. The van der Waals surface area contributed by atoms with Crippen LogP contribution in [0.2, 0.25) is 0 Å². The molecule has 3 atom stereocenters. The predicted octanol–water partition coefficient (Wildman–Crippen LogP) is 9.08. The van der Waals surface area contributed by atoms with Crippen LogP contribution in [-0.4, -0.2) is 14.1 Å². The van der Waals surface area contributed by atoms with Gasteiger partial charge in [-0.15, -0.1) is 0 Å². The second-order valence-electron chi connectivity index (χ2n) is 12.0. The van der Waals surface area contributed by atoms with Gasteiger partial charge in [0.1, 0.15) is 5.75 Å². The van der Waals surface area contributed by atoms with Crippen molar-refractivity contribution in [3.63, 3.8) is 0 Å². The van der Waals surface area contributed by atoms with Crippen molar-refractivity contribution in [1.29, 1.82) is 0 Å². The van der Waals surface area contributed by atoms with Crippen molar-refractivity contribution >= 4 is 33.3 Å². The fourth-order valence-corrected chi connectivity index (χ4v) is 7.63. The minimum absolute atomic E-state index is 0.647. The number of nitrogens with zero attached hydrogens (tertiary/aromatic N) is 1. The van der Waals surface area contributed by atoms with Crippen molar-refractivity contribution < 1.29 is 4.74 Å². The maximum Gasteiger partial charge on any atom is 0.178 e. The van der Waals surface area contributed by atoms with Crippen LogP contribution in [-0.2, 0) is 5.60 Å². The van der Waals surface area contributed by atoms with Crippen LogP contribution in [0, 0.1) is 6.92 Å². The Morgan fingerprint density at radius 1 is 0.744 bits per heavy atom. The molecule has 2 bridgehead atoms. The monoisotopic (exact) mass is 507 g/mol. The first kappa shape index (κ1) is 22.9. The maximum atomic E-state index is 7.49. The van der Waals surface area contributed by atoms with E-state index in [1.807, 2.05) is 0 Å². The van der Waals surface area contributed by atoms with Gasteiger partial charge >= 0.3 is 0 Å². The van der Waals surface area contributed by atoms with E-state index in [0.29, 0.717) is 11.8 Å². The number of benzene rings is 5. The number of rotatable bonds is 3. The number of anilines is 1. The van der Waals surface area contributed by atoms with E-state index in [1.54, 1.807) is 11.1 Å². The van der Waals surface area contributed by atoms with Gasteiger partial charge in [0.25, 0.3) is 0 Å². The molecule has 8 rings (SSSR count). The van der Waals surface area contributed by atoms with Gasteiger partial charge in [0.15, 0.2) is 5.60 Å². The Bertz CT molecular complexity index is 1790. The van der Waals surface area contributed by atoms with Gasteiger partial charge in [0.2, 0.25) is 0 Å². The summed E-state index contributed by atoms with van der Waals surface area (Å²) in [4.78, 5) is 2.15. The molecule has 3 aliphatic rings. The van der Waals surface area contributed by atoms with Crippen LogP contribution in [0.15, 0.2) is 91.0 Å². The summed E-state index contributed by atoms with van der Waals surface area (Å²) in [6.45, 7) is 2.15. The number of hydrogen-bond donors (Lipinski definition) is 0. The summed E-state index contributed by atoms with van der Waals surface area (Å²) in [5.74, 6) is 2.37. The lowest BCUT2D eigenvalue weighted by Crippen LogP contribution is -2.34. The molecule has 1 aliphatic heterocycles. The average molecular weight is 508 g/mol. The van der Waals surface area contributed by atoms with Crippen LogP contribution in [0.1, 0.15) is 64.5 Å². The minimum Gasteiger partial charge on any atom is -0.472 e. The summed E-state index contributed by atoms with van der Waals surface area (Å²) in [6.07, 6.45) is 8.63. The lowest BCUT2D eigenvalue weighted by atomic mass is 9.78. The molecule has 1 fully saturated rings. The quantitative estimate of drug-likeness (QED) is 0.226. The first-order valence-corrected chi connectivity index (χ1v) is 14.3. The molecule has 0 spiro atoms. The van der Waals surface area contributed by atoms with Crippen LogP contribution in [0.3, 0.4) is 0 Å². The van der Waals surface area contributed by atoms with Crippen LogP contribution >= 0.6 is 0 Å². The third-order valence-electron chi connectivity index (χ3n) is 9.56. The van der Waals surface area contributed by atoms with Crippen molar-refractivity contribution in [1.82, 2.24) is 0 Å². The molecule has 1 saturated carbocycles. The minimum atomic E-state index is -0.707. The summed E-state index contributed by atoms with van der Waals surface area (Å²) >= 11 is 0. The molecule has 0 saturated heterocycles. The first-order valence-electron chi connectivity index (χ1n) is 14.3. The fourth-order valence-electron chi connectivity index (χ4n) is 7.63. The first-order chi connectivity index (χ1) is 19.0. The van der Waals surface area contributed by atoms with Crippen LogP contribution in [0.4, 0.5) is 5.69 Å². The third-order valence-corrected chi connectivity index (χ3v) is 9.56. The topological polar surface area (TPSA) is 12.5 Å². The SMILES string of the molecule is Cc1ccc(C2(c3ccc(N(C)C)cc3)C=Cc3c4c(c5ccc6ccccc6c5c3O2)C2CCC4C2)cc1. The average Bonchev–Trinajstić information content (AvgIpc) is 3.60. The van der Waals surface area contributed by atoms with Gasteiger partial charge in [0.05, 0.1) is 0 Å². The molecule has 3 unspecified atom stereocenters. The Hall–Kier alpha value is -4.04. The van der Waals surface area contributed by atoms with Crippen molar-refractivity contribution in [2.24, 2.45) is 0 Å². The zero-order chi connectivity index (χ0) is 26.3. The zero-order valence-electron chi connectivity index (χ0n) is 22.9. The Balaban J connectivity index is 1.44. The molecule has 0 aromatic heterocycles. The second kappa shape index (κ2) is 8.23. The molecule has 2 heteroatoms. The molecule has 5 aromatic carbocycles. The summed E-state index contributed by atoms with van der Waals surface area (Å²) in [5, 5.41) is 5.23. The molecule has 5 aromatic rings. The normalized spacial score (nSPS) is 22.6. The van der Waals surface area contributed by atoms with Crippen molar-refractivity contribution in [2.75, 3.05) is 19.0 Å². The van der Waals surface area contributed by atoms with Gasteiger partial charge in [-0.2, -0.15) is 0 Å². The zero-order valence-corrected chi connectivity index (χ0v) is 22.9. The molecule has 0 N–H and O–H groups in total. The molecule has 1 heterocycles. The van der Waals surface area contributed by atoms with E-state index in [0.717, 1.165) is 16.9 Å². The predicted molar refractivity (Wildman–Crippen MR) is 163 cm³/mol. The van der Waals surface area contributed by atoms with Gasteiger partial charge in [-0.25, -0.2) is 0 Å². The highest BCUT2D eigenvalue weighted by Crippen LogP contribution is 2.60. The summed E-state index contributed by atoms with van der Waals surface area (Å²) < 4.78 is 7.49. The lowest BCUT2D eigenvalue weighted by molar-refractivity contribution is 0.163. The van der Waals surface area contributed by atoms with Crippen molar-refractivity contribution in [3.8, 4) is 5.75 Å². The standard InChI is InChI=1S/C37H33NO/c1-23-8-13-27(14-9-23)37(28-15-17-29(18-16-28)38(2)3)21-20-32-34-26-11-10-25(22-26)33(34)31-19-12-24-6-4-5-7-30(24)35(31)36(32)39-37/h4-9,12-21,25-26H,10-11,22H2,1-3H3. The number of fused-ring (bicyclic) bond motifs is 12. The second-order valence-corrected chi connectivity index (χ2v) is 12.0. The van der Waals surface area contributed by atoms with E-state index in [-0.39, 0.29) is 0 Å². The molecule has 0 amide bonds. The van der Waals surface area contributed by atoms with Crippen LogP contribution in [0.25, 0.3) is 27.6 Å². The Labute approximate surface area is 230 Å². The fraction of sp³-hybridized carbons (Fsp3) is 0.243. The molecule has 192 valence electrons. The van der Waals surface area contributed by atoms with E-state index in [4.69, 9.17) is 4.74 Å². The van der Waals surface area contributed by atoms with E-state index < -0.39 is 5.60 Å². The van der Waals surface area contributed by atoms with Crippen LogP contribution < -0.4 is 9.64 Å². The van der Waals surface area contributed by atoms with E-state index in [9.17, 15) is 0 Å². The molecule has 39 heavy (non-hydrogen) atoms. The molecule has 2 nitrogen and oxygen atoms in total. The van der Waals surface area contributed by atoms with Crippen molar-refractivity contribution in [2.45, 2.75) is 43.6 Å². The van der Waals surface area contributed by atoms with Crippen LogP contribution in [0.5, 0.6) is 5.75 Å². The summed E-state index contributed by atoms with van der Waals surface area (Å²) in [7, 11) is 4.17. The highest BCUT2D eigenvalue weighted by atomic mass is 16.5. The molecular weight excluding hydrogens is 474 g/mol. The smallest absolute Gasteiger partial charge is 0.178 e. The Morgan fingerprint density at radius 3 is 2.18 bits per heavy atom. The van der Waals surface area contributed by atoms with Crippen molar-refractivity contribution in [3.05, 3.63) is 124 Å². The van der Waals surface area contributed by atoms with E-state index in [1.165, 1.54) is 57.6 Å². The maximum absolute atomic E-state index is 7.49. The summed E-state index contributed by atoms with van der Waals surface area (Å²) in [6, 6.07) is 31.2. The molecule has 0 radical (unpaired) electrons. The number of hydrogen-bond acceptors (Lipinski definition) is 2. The van der Waals surface area contributed by atoms with Gasteiger partial charge < -0.3 is 9.64 Å². The third kappa shape index (κ3) is 3.21. The Morgan fingerprint density at radius 2 is 1.44 bits per heavy atom. The number of aryl methyl sites for hydroxylation is 1. The van der Waals surface area contributed by atoms with Gasteiger partial charge in [-0.1, -0.05) is 84.4 Å². The highest BCUT2D eigenvalue weighted by molar-refractivity contribution is 6.14. The summed E-state index contributed by atoms with van der Waals surface area (Å²) in [5.41, 5.74) is 8.50. The number of ether oxygens (including phenoxy) is 1. The Kier molecular flexibility index (Phi) is 4.83. The van der Waals surface area contributed by atoms with Gasteiger partial charge in [0, 0.05) is 41.9 Å². The molecule has 2 aliphatic carbocycles. The van der Waals surface area contributed by atoms with Gasteiger partial charge in [-0.05, 0) is 83.5 Å². The van der Waals surface area contributed by atoms with E-state index >= 15 is 0 Å². The van der Waals surface area contributed by atoms with Gasteiger partial charge in [-0.3, -0.25) is 0 Å². The highest BCUT2D eigenvalue weighted by Gasteiger charge is 2.44.